The molecule has 5 rings (SSSR count). The van der Waals surface area contributed by atoms with Gasteiger partial charge in [0.1, 0.15) is 5.69 Å². The lowest BCUT2D eigenvalue weighted by Gasteiger charge is -2.35. The Morgan fingerprint density at radius 1 is 0.875 bits per heavy atom. The SMILES string of the molecule is O=[N+]([O-])c1ccc(CN2CCN(c3ccc(S(=O)(=O)Nc4ccc(-n5cccn5)cc4)cc3[N+](=O)[O-])CC2)cc1. The fourth-order valence-electron chi connectivity index (χ4n) is 4.53. The maximum atomic E-state index is 13.0. The lowest BCUT2D eigenvalue weighted by Crippen LogP contribution is -2.46. The molecule has 0 aliphatic carbocycles. The van der Waals surface area contributed by atoms with Crippen molar-refractivity contribution in [3.05, 3.63) is 111 Å². The van der Waals surface area contributed by atoms with Crippen LogP contribution in [-0.2, 0) is 16.6 Å². The summed E-state index contributed by atoms with van der Waals surface area (Å²) in [6, 6.07) is 18.7. The Bertz CT molecular complexity index is 1620. The molecule has 0 bridgehead atoms. The third-order valence-corrected chi connectivity index (χ3v) is 7.99. The van der Waals surface area contributed by atoms with Gasteiger partial charge in [-0.15, -0.1) is 0 Å². The minimum Gasteiger partial charge on any atom is -0.363 e. The molecule has 13 nitrogen and oxygen atoms in total. The number of anilines is 2. The minimum absolute atomic E-state index is 0.0323. The number of benzene rings is 3. The molecule has 1 aromatic heterocycles. The van der Waals surface area contributed by atoms with Crippen molar-refractivity contribution >= 4 is 32.8 Å². The summed E-state index contributed by atoms with van der Waals surface area (Å²) in [7, 11) is -4.08. The molecule has 0 atom stereocenters. The molecule has 1 saturated heterocycles. The van der Waals surface area contributed by atoms with Crippen molar-refractivity contribution in [3.63, 3.8) is 0 Å². The molecule has 14 heteroatoms. The van der Waals surface area contributed by atoms with E-state index >= 15 is 0 Å². The van der Waals surface area contributed by atoms with Gasteiger partial charge in [0.25, 0.3) is 21.4 Å². The fourth-order valence-corrected chi connectivity index (χ4v) is 5.61. The zero-order chi connectivity index (χ0) is 28.3. The Labute approximate surface area is 229 Å². The van der Waals surface area contributed by atoms with Crippen LogP contribution in [0.3, 0.4) is 0 Å². The lowest BCUT2D eigenvalue weighted by atomic mass is 10.1. The van der Waals surface area contributed by atoms with Crippen molar-refractivity contribution in [2.24, 2.45) is 0 Å². The zero-order valence-electron chi connectivity index (χ0n) is 21.2. The van der Waals surface area contributed by atoms with Crippen molar-refractivity contribution in [3.8, 4) is 5.69 Å². The molecule has 206 valence electrons. The average Bonchev–Trinajstić information content (AvgIpc) is 3.49. The summed E-state index contributed by atoms with van der Waals surface area (Å²) in [4.78, 5) is 25.6. The summed E-state index contributed by atoms with van der Waals surface area (Å²) in [6.07, 6.45) is 3.40. The Hall–Kier alpha value is -4.82. The monoisotopic (exact) mass is 563 g/mol. The van der Waals surface area contributed by atoms with E-state index in [9.17, 15) is 28.6 Å². The third kappa shape index (κ3) is 5.92. The number of non-ortho nitro benzene ring substituents is 1. The Morgan fingerprint density at radius 2 is 1.57 bits per heavy atom. The van der Waals surface area contributed by atoms with Gasteiger partial charge in [-0.2, -0.15) is 5.10 Å². The highest BCUT2D eigenvalue weighted by molar-refractivity contribution is 7.92. The first-order valence-corrected chi connectivity index (χ1v) is 13.8. The van der Waals surface area contributed by atoms with Crippen LogP contribution in [0.4, 0.5) is 22.7 Å². The molecule has 0 unspecified atom stereocenters. The van der Waals surface area contributed by atoms with Crippen LogP contribution in [0.15, 0.2) is 90.1 Å². The first kappa shape index (κ1) is 26.8. The molecule has 1 aliphatic heterocycles. The smallest absolute Gasteiger partial charge is 0.293 e. The Morgan fingerprint density at radius 3 is 2.17 bits per heavy atom. The molecule has 0 radical (unpaired) electrons. The second-order valence-electron chi connectivity index (χ2n) is 9.20. The third-order valence-electron chi connectivity index (χ3n) is 6.61. The van der Waals surface area contributed by atoms with Crippen LogP contribution in [0, 0.1) is 20.2 Å². The molecule has 4 aromatic rings. The zero-order valence-corrected chi connectivity index (χ0v) is 22.0. The van der Waals surface area contributed by atoms with Gasteiger partial charge in [-0.25, -0.2) is 13.1 Å². The molecule has 0 spiro atoms. The number of sulfonamides is 1. The number of hydrogen-bond donors (Lipinski definition) is 1. The van der Waals surface area contributed by atoms with E-state index in [1.54, 1.807) is 59.5 Å². The molecule has 0 saturated carbocycles. The molecular formula is C26H25N7O6S. The van der Waals surface area contributed by atoms with Gasteiger partial charge in [0.2, 0.25) is 0 Å². The lowest BCUT2D eigenvalue weighted by molar-refractivity contribution is -0.384. The number of aromatic nitrogens is 2. The largest absolute Gasteiger partial charge is 0.363 e. The first-order chi connectivity index (χ1) is 19.2. The van der Waals surface area contributed by atoms with Gasteiger partial charge in [-0.05, 0) is 48.0 Å². The molecular weight excluding hydrogens is 538 g/mol. The molecule has 1 fully saturated rings. The van der Waals surface area contributed by atoms with Gasteiger partial charge >= 0.3 is 0 Å². The number of hydrogen-bond acceptors (Lipinski definition) is 9. The quantitative estimate of drug-likeness (QED) is 0.236. The van der Waals surface area contributed by atoms with Gasteiger partial charge in [0, 0.05) is 69.0 Å². The van der Waals surface area contributed by atoms with Crippen molar-refractivity contribution in [2.45, 2.75) is 11.4 Å². The molecule has 3 aromatic carbocycles. The van der Waals surface area contributed by atoms with Crippen molar-refractivity contribution in [1.29, 1.82) is 0 Å². The summed E-state index contributed by atoms with van der Waals surface area (Å²) in [5.41, 5.74) is 2.09. The summed E-state index contributed by atoms with van der Waals surface area (Å²) < 4.78 is 30.2. The standard InChI is InChI=1S/C26H25N7O6S/c34-32(35)23-6-2-20(3-7-23)19-29-14-16-30(17-15-29)25-11-10-24(18-26(25)33(36)37)40(38,39)28-21-4-8-22(9-5-21)31-13-1-12-27-31/h1-13,18,28H,14-17,19H2. The van der Waals surface area contributed by atoms with E-state index in [0.717, 1.165) is 17.3 Å². The number of nitro benzene ring substituents is 2. The number of nitro groups is 2. The topological polar surface area (TPSA) is 157 Å². The molecule has 0 amide bonds. The van der Waals surface area contributed by atoms with Crippen LogP contribution in [0.25, 0.3) is 5.69 Å². The fraction of sp³-hybridized carbons (Fsp3) is 0.192. The summed E-state index contributed by atoms with van der Waals surface area (Å²) in [6.45, 7) is 2.83. The Balaban J connectivity index is 1.26. The predicted molar refractivity (Wildman–Crippen MR) is 148 cm³/mol. The number of nitrogens with zero attached hydrogens (tertiary/aromatic N) is 6. The van der Waals surface area contributed by atoms with Gasteiger partial charge in [-0.3, -0.25) is 29.9 Å². The van der Waals surface area contributed by atoms with Gasteiger partial charge < -0.3 is 4.90 Å². The second-order valence-corrected chi connectivity index (χ2v) is 10.9. The van der Waals surface area contributed by atoms with Crippen molar-refractivity contribution in [1.82, 2.24) is 14.7 Å². The van der Waals surface area contributed by atoms with Crippen LogP contribution in [-0.4, -0.2) is 59.1 Å². The normalized spacial score (nSPS) is 14.2. The van der Waals surface area contributed by atoms with Crippen LogP contribution < -0.4 is 9.62 Å². The maximum absolute atomic E-state index is 13.0. The van der Waals surface area contributed by atoms with Crippen molar-refractivity contribution in [2.75, 3.05) is 35.8 Å². The second kappa shape index (κ2) is 11.1. The Kier molecular flexibility index (Phi) is 7.44. The summed E-state index contributed by atoms with van der Waals surface area (Å²) >= 11 is 0. The highest BCUT2D eigenvalue weighted by Crippen LogP contribution is 2.32. The van der Waals surface area contributed by atoms with E-state index in [2.05, 4.69) is 14.7 Å². The van der Waals surface area contributed by atoms with Gasteiger partial charge in [0.05, 0.1) is 20.4 Å². The van der Waals surface area contributed by atoms with Gasteiger partial charge in [0.15, 0.2) is 0 Å². The average molecular weight is 564 g/mol. The van der Waals surface area contributed by atoms with E-state index < -0.39 is 19.9 Å². The predicted octanol–water partition coefficient (Wildman–Crippen LogP) is 3.81. The van der Waals surface area contributed by atoms with Crippen LogP contribution >= 0.6 is 0 Å². The number of rotatable bonds is 9. The molecule has 1 N–H and O–H groups in total. The summed E-state index contributed by atoms with van der Waals surface area (Å²) in [5, 5.41) is 26.9. The van der Waals surface area contributed by atoms with Gasteiger partial charge in [-0.1, -0.05) is 12.1 Å². The van der Waals surface area contributed by atoms with E-state index in [-0.39, 0.29) is 16.3 Å². The van der Waals surface area contributed by atoms with Crippen LogP contribution in [0.2, 0.25) is 0 Å². The van der Waals surface area contributed by atoms with Crippen molar-refractivity contribution < 1.29 is 18.3 Å². The van der Waals surface area contributed by atoms with Crippen LogP contribution in [0.5, 0.6) is 0 Å². The first-order valence-electron chi connectivity index (χ1n) is 12.3. The molecule has 1 aliphatic rings. The molecule has 2 heterocycles. The number of nitrogens with one attached hydrogen (secondary N) is 1. The highest BCUT2D eigenvalue weighted by atomic mass is 32.2. The highest BCUT2D eigenvalue weighted by Gasteiger charge is 2.27. The maximum Gasteiger partial charge on any atom is 0.293 e. The summed E-state index contributed by atoms with van der Waals surface area (Å²) in [5.74, 6) is 0. The van der Waals surface area contributed by atoms with E-state index in [0.29, 0.717) is 44.1 Å². The van der Waals surface area contributed by atoms with E-state index in [1.165, 1.54) is 24.3 Å². The van der Waals surface area contributed by atoms with E-state index in [4.69, 9.17) is 0 Å². The van der Waals surface area contributed by atoms with Crippen LogP contribution in [0.1, 0.15) is 5.56 Å². The minimum atomic E-state index is -4.08. The molecule has 40 heavy (non-hydrogen) atoms. The van der Waals surface area contributed by atoms with E-state index in [1.807, 2.05) is 4.90 Å². The number of piperazine rings is 1.